The van der Waals surface area contributed by atoms with Gasteiger partial charge in [0.25, 0.3) is 10.0 Å². The van der Waals surface area contributed by atoms with Crippen molar-refractivity contribution in [3.05, 3.63) is 53.5 Å². The van der Waals surface area contributed by atoms with E-state index in [1.807, 2.05) is 11.0 Å². The summed E-state index contributed by atoms with van der Waals surface area (Å²) in [5, 5.41) is 3.02. The summed E-state index contributed by atoms with van der Waals surface area (Å²) in [7, 11) is -3.60. The monoisotopic (exact) mass is 443 g/mol. The predicted octanol–water partition coefficient (Wildman–Crippen LogP) is 3.79. The Balaban J connectivity index is 1.28. The smallest absolute Gasteiger partial charge is 0.253 e. The molecule has 2 saturated heterocycles. The van der Waals surface area contributed by atoms with Crippen molar-refractivity contribution in [1.29, 1.82) is 0 Å². The minimum Gasteiger partial charge on any atom is -0.361 e. The maximum absolute atomic E-state index is 13.2. The number of carbonyl (C=O) groups excluding carboxylic acids is 1. The maximum atomic E-state index is 13.2. The number of aromatic nitrogens is 1. The molecular weight excluding hydrogens is 418 g/mol. The SMILES string of the molecule is O=C(C1CCCN1S(=O)(=O)c1cccs1)N1CCC(c2c[nH]c3ccccc23)CC1. The van der Waals surface area contributed by atoms with E-state index in [4.69, 9.17) is 0 Å². The summed E-state index contributed by atoms with van der Waals surface area (Å²) < 4.78 is 27.7. The number of thiophene rings is 1. The molecule has 6 nitrogen and oxygen atoms in total. The zero-order valence-electron chi connectivity index (χ0n) is 16.7. The molecule has 1 atom stereocenters. The lowest BCUT2D eigenvalue weighted by Crippen LogP contribution is -2.49. The quantitative estimate of drug-likeness (QED) is 0.667. The number of piperidine rings is 1. The van der Waals surface area contributed by atoms with Crippen LogP contribution < -0.4 is 0 Å². The molecular formula is C22H25N3O3S2. The van der Waals surface area contributed by atoms with Crippen molar-refractivity contribution in [3.8, 4) is 0 Å². The maximum Gasteiger partial charge on any atom is 0.253 e. The fourth-order valence-electron chi connectivity index (χ4n) is 4.85. The molecule has 0 saturated carbocycles. The molecule has 0 bridgehead atoms. The van der Waals surface area contributed by atoms with E-state index < -0.39 is 16.1 Å². The van der Waals surface area contributed by atoms with E-state index in [9.17, 15) is 13.2 Å². The number of amides is 1. The summed E-state index contributed by atoms with van der Waals surface area (Å²) in [4.78, 5) is 18.5. The van der Waals surface area contributed by atoms with Gasteiger partial charge >= 0.3 is 0 Å². The van der Waals surface area contributed by atoms with Gasteiger partial charge in [0.05, 0.1) is 0 Å². The van der Waals surface area contributed by atoms with Crippen LogP contribution in [0, 0.1) is 0 Å². The number of hydrogen-bond acceptors (Lipinski definition) is 4. The third kappa shape index (κ3) is 3.36. The Hall–Kier alpha value is -2.16. The van der Waals surface area contributed by atoms with Gasteiger partial charge in [-0.05, 0) is 54.7 Å². The lowest BCUT2D eigenvalue weighted by atomic mass is 9.89. The number of likely N-dealkylation sites (tertiary alicyclic amines) is 1. The summed E-state index contributed by atoms with van der Waals surface area (Å²) in [6.07, 6.45) is 5.23. The minimum atomic E-state index is -3.60. The van der Waals surface area contributed by atoms with Crippen molar-refractivity contribution >= 4 is 38.2 Å². The number of rotatable bonds is 4. The first-order valence-electron chi connectivity index (χ1n) is 10.5. The van der Waals surface area contributed by atoms with E-state index in [2.05, 4.69) is 29.4 Å². The molecule has 5 rings (SSSR count). The van der Waals surface area contributed by atoms with Gasteiger partial charge in [0.2, 0.25) is 5.91 Å². The summed E-state index contributed by atoms with van der Waals surface area (Å²) in [6.45, 7) is 1.77. The Kier molecular flexibility index (Phi) is 5.16. The molecule has 4 heterocycles. The number of carbonyl (C=O) groups is 1. The standard InChI is InChI=1S/C22H25N3O3S2/c26-22(20-7-3-11-25(20)30(27,28)21-8-4-14-29-21)24-12-9-16(10-13-24)18-15-23-19-6-2-1-5-17(18)19/h1-2,4-6,8,14-16,20,23H,3,7,9-13H2. The number of nitrogens with one attached hydrogen (secondary N) is 1. The summed E-state index contributed by atoms with van der Waals surface area (Å²) in [5.41, 5.74) is 2.46. The highest BCUT2D eigenvalue weighted by molar-refractivity contribution is 7.91. The second-order valence-corrected chi connectivity index (χ2v) is 11.2. The first-order chi connectivity index (χ1) is 14.6. The number of benzene rings is 1. The molecule has 8 heteroatoms. The predicted molar refractivity (Wildman–Crippen MR) is 118 cm³/mol. The molecule has 2 aliphatic rings. The molecule has 0 radical (unpaired) electrons. The number of fused-ring (bicyclic) bond motifs is 1. The van der Waals surface area contributed by atoms with Crippen LogP contribution in [-0.4, -0.2) is 54.2 Å². The zero-order chi connectivity index (χ0) is 20.7. The van der Waals surface area contributed by atoms with Crippen LogP contribution in [0.3, 0.4) is 0 Å². The average molecular weight is 444 g/mol. The second kappa shape index (κ2) is 7.83. The molecule has 30 heavy (non-hydrogen) atoms. The highest BCUT2D eigenvalue weighted by Crippen LogP contribution is 2.35. The third-order valence-corrected chi connectivity index (χ3v) is 9.70. The van der Waals surface area contributed by atoms with Crippen LogP contribution in [0.1, 0.15) is 37.2 Å². The van der Waals surface area contributed by atoms with E-state index in [0.29, 0.717) is 36.2 Å². The Labute approximate surface area is 180 Å². The van der Waals surface area contributed by atoms with Crippen molar-refractivity contribution in [1.82, 2.24) is 14.2 Å². The summed E-state index contributed by atoms with van der Waals surface area (Å²) in [6, 6.07) is 11.1. The van der Waals surface area contributed by atoms with Crippen LogP contribution >= 0.6 is 11.3 Å². The van der Waals surface area contributed by atoms with Crippen molar-refractivity contribution in [2.45, 2.75) is 41.9 Å². The number of hydrogen-bond donors (Lipinski definition) is 1. The van der Waals surface area contributed by atoms with Crippen LogP contribution in [0.2, 0.25) is 0 Å². The van der Waals surface area contributed by atoms with Gasteiger partial charge in [-0.3, -0.25) is 4.79 Å². The van der Waals surface area contributed by atoms with Gasteiger partial charge in [-0.1, -0.05) is 24.3 Å². The Bertz CT molecular complexity index is 1150. The van der Waals surface area contributed by atoms with Gasteiger partial charge in [0.15, 0.2) is 0 Å². The fourth-order valence-corrected chi connectivity index (χ4v) is 7.62. The van der Waals surface area contributed by atoms with Crippen LogP contribution in [0.5, 0.6) is 0 Å². The lowest BCUT2D eigenvalue weighted by molar-refractivity contribution is -0.135. The minimum absolute atomic E-state index is 0.0370. The molecule has 1 N–H and O–H groups in total. The van der Waals surface area contributed by atoms with Crippen molar-refractivity contribution < 1.29 is 13.2 Å². The van der Waals surface area contributed by atoms with E-state index in [0.717, 1.165) is 24.8 Å². The summed E-state index contributed by atoms with van der Waals surface area (Å²) in [5.74, 6) is 0.379. The largest absolute Gasteiger partial charge is 0.361 e. The fraction of sp³-hybridized carbons (Fsp3) is 0.409. The van der Waals surface area contributed by atoms with E-state index in [-0.39, 0.29) is 5.91 Å². The molecule has 1 unspecified atom stereocenters. The molecule has 1 aromatic carbocycles. The van der Waals surface area contributed by atoms with Crippen LogP contribution in [0.25, 0.3) is 10.9 Å². The van der Waals surface area contributed by atoms with E-state index in [1.54, 1.807) is 17.5 Å². The molecule has 0 spiro atoms. The third-order valence-electron chi connectivity index (χ3n) is 6.41. The molecule has 3 aromatic rings. The van der Waals surface area contributed by atoms with Crippen molar-refractivity contribution in [2.75, 3.05) is 19.6 Å². The van der Waals surface area contributed by atoms with Crippen molar-refractivity contribution in [2.24, 2.45) is 0 Å². The van der Waals surface area contributed by atoms with Crippen LogP contribution in [0.4, 0.5) is 0 Å². The lowest BCUT2D eigenvalue weighted by Gasteiger charge is -2.35. The number of sulfonamides is 1. The first-order valence-corrected chi connectivity index (χ1v) is 12.8. The zero-order valence-corrected chi connectivity index (χ0v) is 18.3. The highest BCUT2D eigenvalue weighted by atomic mass is 32.2. The van der Waals surface area contributed by atoms with Gasteiger partial charge in [-0.25, -0.2) is 8.42 Å². The van der Waals surface area contributed by atoms with Crippen LogP contribution in [0.15, 0.2) is 52.2 Å². The molecule has 2 aliphatic heterocycles. The Morgan fingerprint density at radius 2 is 1.83 bits per heavy atom. The van der Waals surface area contributed by atoms with Gasteiger partial charge in [-0.2, -0.15) is 4.31 Å². The Morgan fingerprint density at radius 1 is 1.03 bits per heavy atom. The van der Waals surface area contributed by atoms with Gasteiger partial charge in [-0.15, -0.1) is 11.3 Å². The Morgan fingerprint density at radius 3 is 2.60 bits per heavy atom. The molecule has 2 fully saturated rings. The number of H-pyrrole nitrogens is 1. The number of aromatic amines is 1. The molecule has 158 valence electrons. The molecule has 0 aliphatic carbocycles. The second-order valence-electron chi connectivity index (χ2n) is 8.10. The van der Waals surface area contributed by atoms with Gasteiger partial charge in [0.1, 0.15) is 10.3 Å². The highest BCUT2D eigenvalue weighted by Gasteiger charge is 2.42. The first kappa shape index (κ1) is 19.8. The normalized spacial score (nSPS) is 21.5. The topological polar surface area (TPSA) is 73.5 Å². The van der Waals surface area contributed by atoms with Crippen molar-refractivity contribution in [3.63, 3.8) is 0 Å². The van der Waals surface area contributed by atoms with Gasteiger partial charge in [0, 0.05) is 36.7 Å². The average Bonchev–Trinajstić information content (AvgIpc) is 3.54. The number of nitrogens with zero attached hydrogens (tertiary/aromatic N) is 2. The molecule has 2 aromatic heterocycles. The number of para-hydroxylation sites is 1. The molecule has 1 amide bonds. The summed E-state index contributed by atoms with van der Waals surface area (Å²) >= 11 is 1.21. The van der Waals surface area contributed by atoms with Gasteiger partial charge < -0.3 is 9.88 Å². The van der Waals surface area contributed by atoms with E-state index in [1.165, 1.54) is 26.6 Å². The van der Waals surface area contributed by atoms with E-state index >= 15 is 0 Å². The van der Waals surface area contributed by atoms with Crippen LogP contribution in [-0.2, 0) is 14.8 Å².